The van der Waals surface area contributed by atoms with Crippen molar-refractivity contribution >= 4 is 33.0 Å². The van der Waals surface area contributed by atoms with Gasteiger partial charge in [-0.1, -0.05) is 19.1 Å². The number of anilines is 1. The van der Waals surface area contributed by atoms with Gasteiger partial charge in [0.05, 0.1) is 15.6 Å². The van der Waals surface area contributed by atoms with Gasteiger partial charge in [-0.3, -0.25) is 4.79 Å². The van der Waals surface area contributed by atoms with Crippen molar-refractivity contribution < 1.29 is 17.9 Å². The first-order valence-corrected chi connectivity index (χ1v) is 12.2. The van der Waals surface area contributed by atoms with E-state index in [4.69, 9.17) is 4.74 Å². The van der Waals surface area contributed by atoms with Gasteiger partial charge in [0.1, 0.15) is 5.75 Å². The van der Waals surface area contributed by atoms with Crippen LogP contribution in [0.5, 0.6) is 5.75 Å². The van der Waals surface area contributed by atoms with E-state index < -0.39 is 10.0 Å². The molecule has 0 spiro atoms. The fourth-order valence-corrected chi connectivity index (χ4v) is 4.68. The largest absolute Gasteiger partial charge is 0.484 e. The zero-order chi connectivity index (χ0) is 22.4. The van der Waals surface area contributed by atoms with Crippen molar-refractivity contribution in [2.24, 2.45) is 0 Å². The van der Waals surface area contributed by atoms with E-state index in [9.17, 15) is 13.2 Å². The lowest BCUT2D eigenvalue weighted by molar-refractivity contribution is -0.118. The molecule has 164 valence electrons. The highest BCUT2D eigenvalue weighted by Crippen LogP contribution is 2.24. The second-order valence-corrected chi connectivity index (χ2v) is 9.85. The summed E-state index contributed by atoms with van der Waals surface area (Å²) in [6.45, 7) is 5.46. The van der Waals surface area contributed by atoms with Crippen LogP contribution in [0.1, 0.15) is 25.3 Å². The van der Waals surface area contributed by atoms with Gasteiger partial charge in [0.25, 0.3) is 5.91 Å². The summed E-state index contributed by atoms with van der Waals surface area (Å²) in [5.74, 6) is 0.0890. The number of amides is 1. The molecule has 31 heavy (non-hydrogen) atoms. The number of aryl methyl sites for hydroxylation is 1. The number of hydrogen-bond donors (Lipinski definition) is 2. The van der Waals surface area contributed by atoms with Crippen LogP contribution in [0.15, 0.2) is 58.8 Å². The van der Waals surface area contributed by atoms with Crippen LogP contribution in [0.3, 0.4) is 0 Å². The molecule has 3 aromatic rings. The third kappa shape index (κ3) is 6.36. The van der Waals surface area contributed by atoms with Crippen LogP contribution in [0.25, 0.3) is 11.3 Å². The van der Waals surface area contributed by atoms with Crippen molar-refractivity contribution in [3.05, 3.63) is 58.9 Å². The average Bonchev–Trinajstić information content (AvgIpc) is 3.19. The summed E-state index contributed by atoms with van der Waals surface area (Å²) in [7, 11) is -3.58. The summed E-state index contributed by atoms with van der Waals surface area (Å²) in [4.78, 5) is 16.9. The van der Waals surface area contributed by atoms with Crippen molar-refractivity contribution in [1.82, 2.24) is 9.71 Å². The fourth-order valence-electron chi connectivity index (χ4n) is 2.73. The lowest BCUT2D eigenvalue weighted by atomic mass is 10.1. The van der Waals surface area contributed by atoms with Gasteiger partial charge in [-0.25, -0.2) is 18.1 Å². The van der Waals surface area contributed by atoms with E-state index in [0.29, 0.717) is 17.9 Å². The van der Waals surface area contributed by atoms with E-state index >= 15 is 0 Å². The van der Waals surface area contributed by atoms with E-state index in [-0.39, 0.29) is 23.5 Å². The lowest BCUT2D eigenvalue weighted by Crippen LogP contribution is -2.31. The average molecular weight is 460 g/mol. The van der Waals surface area contributed by atoms with Crippen LogP contribution < -0.4 is 14.8 Å². The number of carbonyl (C=O) groups is 1. The Morgan fingerprint density at radius 1 is 1.19 bits per heavy atom. The Morgan fingerprint density at radius 3 is 2.58 bits per heavy atom. The van der Waals surface area contributed by atoms with Crippen molar-refractivity contribution in [2.45, 2.75) is 38.1 Å². The third-order valence-corrected chi connectivity index (χ3v) is 6.91. The summed E-state index contributed by atoms with van der Waals surface area (Å²) in [5, 5.41) is 5.75. The Labute approximate surface area is 186 Å². The van der Waals surface area contributed by atoms with E-state index in [1.807, 2.05) is 37.4 Å². The monoisotopic (exact) mass is 459 g/mol. The highest BCUT2D eigenvalue weighted by molar-refractivity contribution is 7.89. The molecule has 1 unspecified atom stereocenters. The highest BCUT2D eigenvalue weighted by Gasteiger charge is 2.16. The number of hydrogen-bond acceptors (Lipinski definition) is 6. The fraction of sp³-hybridized carbons (Fsp3) is 0.273. The van der Waals surface area contributed by atoms with Crippen molar-refractivity contribution in [3.63, 3.8) is 0 Å². The van der Waals surface area contributed by atoms with Gasteiger partial charge in [0.15, 0.2) is 6.61 Å². The molecule has 0 bridgehead atoms. The maximum Gasteiger partial charge on any atom is 0.262 e. The highest BCUT2D eigenvalue weighted by atomic mass is 32.2. The van der Waals surface area contributed by atoms with Gasteiger partial charge < -0.3 is 10.1 Å². The Bertz CT molecular complexity index is 1140. The number of nitrogens with zero attached hydrogens (tertiary/aromatic N) is 1. The number of nitrogens with one attached hydrogen (secondary N) is 2. The quantitative estimate of drug-likeness (QED) is 0.499. The molecule has 0 aliphatic heterocycles. The third-order valence-electron chi connectivity index (χ3n) is 4.53. The smallest absolute Gasteiger partial charge is 0.262 e. The second kappa shape index (κ2) is 10.0. The molecule has 0 aliphatic rings. The van der Waals surface area contributed by atoms with Crippen LogP contribution in [0.2, 0.25) is 0 Å². The number of ether oxygens (including phenoxy) is 1. The summed E-state index contributed by atoms with van der Waals surface area (Å²) in [5.41, 5.74) is 2.44. The van der Waals surface area contributed by atoms with Gasteiger partial charge in [0.2, 0.25) is 10.0 Å². The molecule has 1 aromatic heterocycles. The molecule has 0 radical (unpaired) electrons. The van der Waals surface area contributed by atoms with Crippen molar-refractivity contribution in [3.8, 4) is 17.0 Å². The van der Waals surface area contributed by atoms with Crippen LogP contribution in [0.4, 0.5) is 5.69 Å². The van der Waals surface area contributed by atoms with Gasteiger partial charge in [-0.05, 0) is 56.7 Å². The maximum absolute atomic E-state index is 12.3. The first-order chi connectivity index (χ1) is 14.8. The molecule has 1 atom stereocenters. The number of aromatic nitrogens is 1. The predicted molar refractivity (Wildman–Crippen MR) is 123 cm³/mol. The molecule has 1 heterocycles. The zero-order valence-electron chi connectivity index (χ0n) is 17.6. The zero-order valence-corrected chi connectivity index (χ0v) is 19.2. The minimum Gasteiger partial charge on any atom is -0.484 e. The molecule has 0 fully saturated rings. The summed E-state index contributed by atoms with van der Waals surface area (Å²) < 4.78 is 32.7. The summed E-state index contributed by atoms with van der Waals surface area (Å²) >= 11 is 1.57. The SMILES string of the molecule is CCC(C)NS(=O)(=O)c1ccc(OCC(=O)Nc2cccc(-c3csc(C)n3)c2)cc1. The van der Waals surface area contributed by atoms with Crippen molar-refractivity contribution in [2.75, 3.05) is 11.9 Å². The molecule has 0 aliphatic carbocycles. The first-order valence-electron chi connectivity index (χ1n) is 9.84. The standard InChI is InChI=1S/C22H25N3O4S2/c1-4-15(2)25-31(27,28)20-10-8-19(9-11-20)29-13-22(26)24-18-7-5-6-17(12-18)21-14-30-16(3)23-21/h5-12,14-15,25H,4,13H2,1-3H3,(H,24,26). The minimum absolute atomic E-state index is 0.150. The number of thiazole rings is 1. The van der Waals surface area contributed by atoms with Crippen LogP contribution >= 0.6 is 11.3 Å². The molecule has 7 nitrogen and oxygen atoms in total. The molecule has 1 amide bonds. The topological polar surface area (TPSA) is 97.4 Å². The molecular weight excluding hydrogens is 434 g/mol. The molecule has 0 saturated carbocycles. The lowest BCUT2D eigenvalue weighted by Gasteiger charge is -2.12. The van der Waals surface area contributed by atoms with E-state index in [1.165, 1.54) is 24.3 Å². The van der Waals surface area contributed by atoms with E-state index in [0.717, 1.165) is 16.3 Å². The Kier molecular flexibility index (Phi) is 7.42. The van der Waals surface area contributed by atoms with Gasteiger partial charge >= 0.3 is 0 Å². The van der Waals surface area contributed by atoms with Gasteiger partial charge in [-0.2, -0.15) is 0 Å². The van der Waals surface area contributed by atoms with Crippen LogP contribution in [-0.2, 0) is 14.8 Å². The number of rotatable bonds is 9. The molecular formula is C22H25N3O4S2. The maximum atomic E-state index is 12.3. The van der Waals surface area contributed by atoms with Crippen LogP contribution in [0, 0.1) is 6.92 Å². The van der Waals surface area contributed by atoms with E-state index in [2.05, 4.69) is 15.0 Å². The van der Waals surface area contributed by atoms with Gasteiger partial charge in [0, 0.05) is 22.7 Å². The minimum atomic E-state index is -3.58. The molecule has 9 heteroatoms. The summed E-state index contributed by atoms with van der Waals surface area (Å²) in [6, 6.07) is 13.3. The molecule has 0 saturated heterocycles. The molecule has 2 aromatic carbocycles. The predicted octanol–water partition coefficient (Wildman–Crippen LogP) is 4.21. The first kappa shape index (κ1) is 22.9. The number of sulfonamides is 1. The molecule has 3 rings (SSSR count). The molecule has 2 N–H and O–H groups in total. The Balaban J connectivity index is 1.56. The second-order valence-electron chi connectivity index (χ2n) is 7.07. The Hall–Kier alpha value is -2.75. The van der Waals surface area contributed by atoms with Crippen LogP contribution in [-0.4, -0.2) is 32.0 Å². The normalized spacial score (nSPS) is 12.4. The Morgan fingerprint density at radius 2 is 1.94 bits per heavy atom. The summed E-state index contributed by atoms with van der Waals surface area (Å²) in [6.07, 6.45) is 0.696. The number of carbonyl (C=O) groups excluding carboxylic acids is 1. The van der Waals surface area contributed by atoms with Crippen molar-refractivity contribution in [1.29, 1.82) is 0 Å². The number of benzene rings is 2. The van der Waals surface area contributed by atoms with E-state index in [1.54, 1.807) is 24.3 Å². The van der Waals surface area contributed by atoms with Gasteiger partial charge in [-0.15, -0.1) is 11.3 Å².